The molecule has 4 aromatic rings. The van der Waals surface area contributed by atoms with Crippen LogP contribution in [0.1, 0.15) is 33.1 Å². The van der Waals surface area contributed by atoms with Crippen LogP contribution < -0.4 is 10.6 Å². The maximum atomic E-state index is 12.4. The van der Waals surface area contributed by atoms with Gasteiger partial charge in [-0.1, -0.05) is 18.1 Å². The Morgan fingerprint density at radius 1 is 1.09 bits per heavy atom. The second kappa shape index (κ2) is 9.73. The van der Waals surface area contributed by atoms with Crippen LogP contribution in [0.2, 0.25) is 0 Å². The molecule has 7 nitrogen and oxygen atoms in total. The van der Waals surface area contributed by atoms with Gasteiger partial charge in [-0.25, -0.2) is 9.97 Å². The van der Waals surface area contributed by atoms with Crippen molar-refractivity contribution in [3.05, 3.63) is 94.6 Å². The van der Waals surface area contributed by atoms with E-state index in [1.807, 2.05) is 30.3 Å². The highest BCUT2D eigenvalue weighted by atomic mass is 32.1. The lowest BCUT2D eigenvalue weighted by molar-refractivity contribution is -0.115. The minimum Gasteiger partial charge on any atom is -0.469 e. The molecule has 0 saturated carbocycles. The summed E-state index contributed by atoms with van der Waals surface area (Å²) >= 11 is 1.26. The number of nitrogens with zero attached hydrogens (tertiary/aromatic N) is 2. The van der Waals surface area contributed by atoms with Gasteiger partial charge in [-0.2, -0.15) is 0 Å². The summed E-state index contributed by atoms with van der Waals surface area (Å²) in [7, 11) is 0. The molecule has 0 spiro atoms. The number of thiazole rings is 1. The number of carbonyl (C=O) groups is 2. The zero-order valence-corrected chi connectivity index (χ0v) is 17.9. The lowest BCUT2D eigenvalue weighted by atomic mass is 10.2. The third-order valence-corrected chi connectivity index (χ3v) is 5.17. The molecule has 3 heterocycles. The van der Waals surface area contributed by atoms with E-state index in [0.717, 1.165) is 5.56 Å². The summed E-state index contributed by atoms with van der Waals surface area (Å²) in [6.07, 6.45) is 3.23. The number of hydrogen-bond acceptors (Lipinski definition) is 6. The summed E-state index contributed by atoms with van der Waals surface area (Å²) in [5.41, 5.74) is 3.10. The van der Waals surface area contributed by atoms with Crippen molar-refractivity contribution in [1.29, 1.82) is 0 Å². The second-order valence-electron chi connectivity index (χ2n) is 6.76. The van der Waals surface area contributed by atoms with Gasteiger partial charge in [0.2, 0.25) is 5.91 Å². The Morgan fingerprint density at radius 3 is 2.78 bits per heavy atom. The number of aromatic nitrogens is 2. The predicted octanol–water partition coefficient (Wildman–Crippen LogP) is 4.27. The normalized spacial score (nSPS) is 10.2. The average molecular weight is 443 g/mol. The van der Waals surface area contributed by atoms with E-state index < -0.39 is 0 Å². The van der Waals surface area contributed by atoms with Gasteiger partial charge in [-0.3, -0.25) is 14.9 Å². The van der Waals surface area contributed by atoms with Crippen LogP contribution in [-0.4, -0.2) is 21.8 Å². The SMILES string of the molecule is Cc1occc1C(=O)Nc1nc(CC(=O)Nc2cccc(C#Cc3ccccn3)c2)cs1. The van der Waals surface area contributed by atoms with Crippen molar-refractivity contribution < 1.29 is 14.0 Å². The number of nitrogens with one attached hydrogen (secondary N) is 2. The van der Waals surface area contributed by atoms with Crippen LogP contribution in [0, 0.1) is 18.8 Å². The van der Waals surface area contributed by atoms with Crippen molar-refractivity contribution >= 4 is 34.0 Å². The lowest BCUT2D eigenvalue weighted by Crippen LogP contribution is -2.15. The molecule has 2 N–H and O–H groups in total. The highest BCUT2D eigenvalue weighted by Gasteiger charge is 2.14. The topological polar surface area (TPSA) is 97.1 Å². The maximum absolute atomic E-state index is 12.4. The Hall–Kier alpha value is -4.22. The quantitative estimate of drug-likeness (QED) is 0.450. The number of carbonyl (C=O) groups excluding carboxylic acids is 2. The first-order valence-corrected chi connectivity index (χ1v) is 10.6. The van der Waals surface area contributed by atoms with E-state index in [9.17, 15) is 9.59 Å². The Labute approximate surface area is 188 Å². The molecule has 0 atom stereocenters. The summed E-state index contributed by atoms with van der Waals surface area (Å²) in [6.45, 7) is 1.71. The van der Waals surface area contributed by atoms with Crippen LogP contribution in [0.5, 0.6) is 0 Å². The molecule has 0 aliphatic heterocycles. The number of benzene rings is 1. The van der Waals surface area contributed by atoms with E-state index >= 15 is 0 Å². The molecule has 32 heavy (non-hydrogen) atoms. The standard InChI is InChI=1S/C24H18N4O3S/c1-16-21(10-12-31-16)23(30)28-24-27-20(15-32-24)14-22(29)26-19-7-4-5-17(13-19)8-9-18-6-2-3-11-25-18/h2-7,10-13,15H,14H2,1H3,(H,26,29)(H,27,28,30). The molecule has 0 radical (unpaired) electrons. The number of hydrogen-bond donors (Lipinski definition) is 2. The van der Waals surface area contributed by atoms with E-state index in [1.165, 1.54) is 17.6 Å². The first-order chi connectivity index (χ1) is 15.6. The van der Waals surface area contributed by atoms with E-state index in [1.54, 1.807) is 36.7 Å². The Kier molecular flexibility index (Phi) is 6.39. The summed E-state index contributed by atoms with van der Waals surface area (Å²) in [5.74, 6) is 6.05. The number of aryl methyl sites for hydroxylation is 1. The number of furan rings is 1. The van der Waals surface area contributed by atoms with Gasteiger partial charge in [0.25, 0.3) is 5.91 Å². The smallest absolute Gasteiger partial charge is 0.260 e. The zero-order valence-electron chi connectivity index (χ0n) is 17.1. The fraction of sp³-hybridized carbons (Fsp3) is 0.0833. The Morgan fingerprint density at radius 2 is 2.00 bits per heavy atom. The number of rotatable bonds is 5. The molecule has 2 amide bonds. The third kappa shape index (κ3) is 5.47. The Balaban J connectivity index is 1.35. The fourth-order valence-corrected chi connectivity index (χ4v) is 3.55. The highest BCUT2D eigenvalue weighted by Crippen LogP contribution is 2.19. The second-order valence-corrected chi connectivity index (χ2v) is 7.62. The molecule has 4 rings (SSSR count). The average Bonchev–Trinajstić information content (AvgIpc) is 3.41. The van der Waals surface area contributed by atoms with Crippen molar-refractivity contribution in [3.63, 3.8) is 0 Å². The van der Waals surface area contributed by atoms with Crippen molar-refractivity contribution in [1.82, 2.24) is 9.97 Å². The minimum absolute atomic E-state index is 0.0843. The summed E-state index contributed by atoms with van der Waals surface area (Å²) < 4.78 is 5.14. The van der Waals surface area contributed by atoms with E-state index in [0.29, 0.717) is 33.5 Å². The van der Waals surface area contributed by atoms with Gasteiger partial charge >= 0.3 is 0 Å². The molecule has 1 aromatic carbocycles. The molecule has 0 saturated heterocycles. The minimum atomic E-state index is -0.301. The van der Waals surface area contributed by atoms with Crippen LogP contribution >= 0.6 is 11.3 Å². The van der Waals surface area contributed by atoms with Gasteiger partial charge < -0.3 is 9.73 Å². The van der Waals surface area contributed by atoms with Crippen LogP contribution in [-0.2, 0) is 11.2 Å². The van der Waals surface area contributed by atoms with Crippen molar-refractivity contribution in [2.45, 2.75) is 13.3 Å². The summed E-state index contributed by atoms with van der Waals surface area (Å²) in [5, 5.41) is 7.74. The van der Waals surface area contributed by atoms with Gasteiger partial charge in [0.15, 0.2) is 5.13 Å². The van der Waals surface area contributed by atoms with Crippen LogP contribution in [0.25, 0.3) is 0 Å². The fourth-order valence-electron chi connectivity index (χ4n) is 2.85. The van der Waals surface area contributed by atoms with E-state index in [-0.39, 0.29) is 18.2 Å². The molecule has 8 heteroatoms. The molecule has 158 valence electrons. The van der Waals surface area contributed by atoms with Crippen LogP contribution in [0.15, 0.2) is 70.8 Å². The van der Waals surface area contributed by atoms with Crippen molar-refractivity contribution in [2.75, 3.05) is 10.6 Å². The van der Waals surface area contributed by atoms with Gasteiger partial charge in [0, 0.05) is 22.8 Å². The van der Waals surface area contributed by atoms with Crippen molar-refractivity contribution in [3.8, 4) is 11.8 Å². The van der Waals surface area contributed by atoms with E-state index in [4.69, 9.17) is 4.42 Å². The molecule has 0 bridgehead atoms. The lowest BCUT2D eigenvalue weighted by Gasteiger charge is -2.04. The summed E-state index contributed by atoms with van der Waals surface area (Å²) in [6, 6.07) is 14.4. The van der Waals surface area contributed by atoms with E-state index in [2.05, 4.69) is 32.4 Å². The van der Waals surface area contributed by atoms with Gasteiger partial charge in [-0.05, 0) is 49.2 Å². The van der Waals surface area contributed by atoms with Gasteiger partial charge in [0.1, 0.15) is 11.5 Å². The van der Waals surface area contributed by atoms with Crippen LogP contribution in [0.3, 0.4) is 0 Å². The molecule has 0 fully saturated rings. The zero-order chi connectivity index (χ0) is 22.3. The Bertz CT molecular complexity index is 1320. The first kappa shape index (κ1) is 21.0. The van der Waals surface area contributed by atoms with Crippen LogP contribution in [0.4, 0.5) is 10.8 Å². The molecular formula is C24H18N4O3S. The van der Waals surface area contributed by atoms with Crippen molar-refractivity contribution in [2.24, 2.45) is 0 Å². The number of anilines is 2. The summed E-state index contributed by atoms with van der Waals surface area (Å²) in [4.78, 5) is 33.2. The maximum Gasteiger partial charge on any atom is 0.260 e. The van der Waals surface area contributed by atoms with Gasteiger partial charge in [-0.15, -0.1) is 11.3 Å². The predicted molar refractivity (Wildman–Crippen MR) is 123 cm³/mol. The molecule has 0 aliphatic rings. The highest BCUT2D eigenvalue weighted by molar-refractivity contribution is 7.14. The number of amides is 2. The molecular weight excluding hydrogens is 424 g/mol. The van der Waals surface area contributed by atoms with Gasteiger partial charge in [0.05, 0.1) is 23.9 Å². The monoisotopic (exact) mass is 442 g/mol. The number of pyridine rings is 1. The molecule has 0 aliphatic carbocycles. The largest absolute Gasteiger partial charge is 0.469 e. The first-order valence-electron chi connectivity index (χ1n) is 9.69. The molecule has 0 unspecified atom stereocenters. The third-order valence-electron chi connectivity index (χ3n) is 4.36. The molecule has 3 aromatic heterocycles.